The average molecular weight is 291 g/mol. The molecule has 0 bridgehead atoms. The van der Waals surface area contributed by atoms with Gasteiger partial charge < -0.3 is 10.2 Å². The van der Waals surface area contributed by atoms with Gasteiger partial charge >= 0.3 is 0 Å². The van der Waals surface area contributed by atoms with E-state index in [-0.39, 0.29) is 11.8 Å². The Labute approximate surface area is 122 Å². The van der Waals surface area contributed by atoms with E-state index in [2.05, 4.69) is 5.32 Å². The molecule has 0 radical (unpaired) electrons. The number of thioether (sulfide) groups is 1. The lowest BCUT2D eigenvalue weighted by molar-refractivity contribution is -0.126. The van der Waals surface area contributed by atoms with E-state index in [4.69, 9.17) is 0 Å². The molecule has 5 nitrogen and oxygen atoms in total. The van der Waals surface area contributed by atoms with Crippen molar-refractivity contribution in [1.29, 1.82) is 0 Å². The highest BCUT2D eigenvalue weighted by Gasteiger charge is 2.25. The molecule has 0 atom stereocenters. The van der Waals surface area contributed by atoms with Gasteiger partial charge in [0.15, 0.2) is 0 Å². The number of anilines is 1. The second-order valence-electron chi connectivity index (χ2n) is 4.92. The molecule has 3 rings (SSSR count). The number of benzene rings is 1. The zero-order valence-corrected chi connectivity index (χ0v) is 12.0. The summed E-state index contributed by atoms with van der Waals surface area (Å²) in [5, 5.41) is 2.77. The highest BCUT2D eigenvalue weighted by molar-refractivity contribution is 7.99. The molecule has 1 saturated heterocycles. The van der Waals surface area contributed by atoms with Crippen LogP contribution in [0, 0.1) is 0 Å². The minimum Gasteiger partial charge on any atom is -0.354 e. The number of nitrogens with zero attached hydrogens (tertiary/aromatic N) is 2. The number of carbonyl (C=O) groups excluding carboxylic acids is 2. The third-order valence-corrected chi connectivity index (χ3v) is 4.55. The van der Waals surface area contributed by atoms with Crippen molar-refractivity contribution in [1.82, 2.24) is 10.2 Å². The van der Waals surface area contributed by atoms with E-state index >= 15 is 0 Å². The first kappa shape index (κ1) is 13.5. The molecule has 0 unspecified atom stereocenters. The Balaban J connectivity index is 1.70. The van der Waals surface area contributed by atoms with Crippen molar-refractivity contribution in [3.8, 4) is 0 Å². The lowest BCUT2D eigenvalue weighted by atomic mass is 10.2. The quantitative estimate of drug-likeness (QED) is 0.865. The zero-order chi connectivity index (χ0) is 13.9. The van der Waals surface area contributed by atoms with Crippen molar-refractivity contribution in [2.45, 2.75) is 4.90 Å². The van der Waals surface area contributed by atoms with E-state index in [9.17, 15) is 9.59 Å². The van der Waals surface area contributed by atoms with Crippen LogP contribution in [0.5, 0.6) is 0 Å². The van der Waals surface area contributed by atoms with Crippen LogP contribution < -0.4 is 10.2 Å². The van der Waals surface area contributed by atoms with Crippen molar-refractivity contribution in [2.24, 2.45) is 0 Å². The summed E-state index contributed by atoms with van der Waals surface area (Å²) >= 11 is 1.78. The van der Waals surface area contributed by atoms with Crippen LogP contribution in [0.3, 0.4) is 0 Å². The Kier molecular flexibility index (Phi) is 3.93. The first-order chi connectivity index (χ1) is 9.74. The fourth-order valence-corrected chi connectivity index (χ4v) is 3.53. The van der Waals surface area contributed by atoms with Crippen LogP contribution in [-0.4, -0.2) is 55.2 Å². The lowest BCUT2D eigenvalue weighted by Crippen LogP contribution is -2.51. The number of carbonyl (C=O) groups is 2. The first-order valence-corrected chi connectivity index (χ1v) is 7.74. The Bertz CT molecular complexity index is 535. The number of amides is 2. The summed E-state index contributed by atoms with van der Waals surface area (Å²) < 4.78 is 0. The molecule has 0 aliphatic carbocycles. The van der Waals surface area contributed by atoms with Crippen molar-refractivity contribution < 1.29 is 9.59 Å². The van der Waals surface area contributed by atoms with Gasteiger partial charge in [-0.3, -0.25) is 14.5 Å². The molecule has 20 heavy (non-hydrogen) atoms. The van der Waals surface area contributed by atoms with E-state index in [1.54, 1.807) is 11.8 Å². The lowest BCUT2D eigenvalue weighted by Gasteiger charge is -2.32. The molecule has 2 aliphatic heterocycles. The molecule has 2 amide bonds. The van der Waals surface area contributed by atoms with E-state index in [1.165, 1.54) is 0 Å². The molecular weight excluding hydrogens is 274 g/mol. The van der Waals surface area contributed by atoms with Gasteiger partial charge in [-0.05, 0) is 12.1 Å². The zero-order valence-electron chi connectivity index (χ0n) is 11.2. The third-order valence-electron chi connectivity index (χ3n) is 3.51. The van der Waals surface area contributed by atoms with Crippen LogP contribution in [0.2, 0.25) is 0 Å². The Hall–Kier alpha value is -1.53. The van der Waals surface area contributed by atoms with Gasteiger partial charge in [0.05, 0.1) is 18.8 Å². The molecule has 1 aromatic carbocycles. The molecular formula is C14H17N3O2S. The summed E-state index contributed by atoms with van der Waals surface area (Å²) in [6, 6.07) is 7.99. The molecule has 0 spiro atoms. The number of para-hydroxylation sites is 1. The van der Waals surface area contributed by atoms with Crippen molar-refractivity contribution in [2.75, 3.05) is 43.4 Å². The van der Waals surface area contributed by atoms with Gasteiger partial charge in [-0.15, -0.1) is 11.8 Å². The van der Waals surface area contributed by atoms with Crippen LogP contribution in [0.1, 0.15) is 0 Å². The Morgan fingerprint density at radius 3 is 3.00 bits per heavy atom. The Morgan fingerprint density at radius 1 is 1.30 bits per heavy atom. The highest BCUT2D eigenvalue weighted by atomic mass is 32.2. The highest BCUT2D eigenvalue weighted by Crippen LogP contribution is 2.34. The van der Waals surface area contributed by atoms with Gasteiger partial charge in [-0.1, -0.05) is 12.1 Å². The number of piperazine rings is 1. The maximum absolute atomic E-state index is 12.5. The summed E-state index contributed by atoms with van der Waals surface area (Å²) in [6.07, 6.45) is 0. The molecule has 2 heterocycles. The maximum Gasteiger partial charge on any atom is 0.241 e. The predicted molar refractivity (Wildman–Crippen MR) is 79.0 cm³/mol. The van der Waals surface area contributed by atoms with Crippen LogP contribution in [-0.2, 0) is 9.59 Å². The van der Waals surface area contributed by atoms with Crippen LogP contribution in [0.25, 0.3) is 0 Å². The Morgan fingerprint density at radius 2 is 2.15 bits per heavy atom. The van der Waals surface area contributed by atoms with Crippen molar-refractivity contribution >= 4 is 29.3 Å². The molecule has 6 heteroatoms. The average Bonchev–Trinajstić information content (AvgIpc) is 2.46. The number of fused-ring (bicyclic) bond motifs is 1. The van der Waals surface area contributed by atoms with E-state index in [0.29, 0.717) is 19.6 Å². The van der Waals surface area contributed by atoms with Gasteiger partial charge in [-0.25, -0.2) is 0 Å². The maximum atomic E-state index is 12.5. The summed E-state index contributed by atoms with van der Waals surface area (Å²) in [4.78, 5) is 28.7. The summed E-state index contributed by atoms with van der Waals surface area (Å²) in [5.74, 6) is 0.995. The summed E-state index contributed by atoms with van der Waals surface area (Å²) in [5.41, 5.74) is 0.996. The van der Waals surface area contributed by atoms with E-state index in [0.717, 1.165) is 29.4 Å². The number of nitrogens with one attached hydrogen (secondary N) is 1. The number of hydrogen-bond acceptors (Lipinski definition) is 4. The van der Waals surface area contributed by atoms with E-state index in [1.807, 2.05) is 34.1 Å². The summed E-state index contributed by atoms with van der Waals surface area (Å²) in [7, 11) is 0. The summed E-state index contributed by atoms with van der Waals surface area (Å²) in [6.45, 7) is 2.73. The topological polar surface area (TPSA) is 52.7 Å². The smallest absolute Gasteiger partial charge is 0.241 e. The predicted octanol–water partition coefficient (Wildman–Crippen LogP) is 0.557. The normalized spacial score (nSPS) is 19.4. The van der Waals surface area contributed by atoms with Gasteiger partial charge in [0.2, 0.25) is 11.8 Å². The molecule has 2 aliphatic rings. The van der Waals surface area contributed by atoms with E-state index < -0.39 is 0 Å². The minimum absolute atomic E-state index is 0.00125. The SMILES string of the molecule is O=C1CN(CC(=O)N2CCSc3ccccc32)CCN1. The first-order valence-electron chi connectivity index (χ1n) is 6.75. The minimum atomic E-state index is -0.00125. The van der Waals surface area contributed by atoms with Crippen LogP contribution in [0.15, 0.2) is 29.2 Å². The largest absolute Gasteiger partial charge is 0.354 e. The molecule has 1 aromatic rings. The third kappa shape index (κ3) is 2.81. The molecule has 0 aromatic heterocycles. The molecule has 0 saturated carbocycles. The second-order valence-corrected chi connectivity index (χ2v) is 6.06. The van der Waals surface area contributed by atoms with Gasteiger partial charge in [-0.2, -0.15) is 0 Å². The standard InChI is InChI=1S/C14H17N3O2S/c18-13-9-16(6-5-15-13)10-14(19)17-7-8-20-12-4-2-1-3-11(12)17/h1-4H,5-10H2,(H,15,18). The molecule has 1 fully saturated rings. The monoisotopic (exact) mass is 291 g/mol. The fraction of sp³-hybridized carbons (Fsp3) is 0.429. The van der Waals surface area contributed by atoms with Gasteiger partial charge in [0, 0.05) is 30.3 Å². The molecule has 106 valence electrons. The van der Waals surface area contributed by atoms with Crippen LogP contribution in [0.4, 0.5) is 5.69 Å². The second kappa shape index (κ2) is 5.85. The van der Waals surface area contributed by atoms with Crippen molar-refractivity contribution in [3.63, 3.8) is 0 Å². The van der Waals surface area contributed by atoms with Crippen LogP contribution >= 0.6 is 11.8 Å². The number of hydrogen-bond donors (Lipinski definition) is 1. The molecule has 1 N–H and O–H groups in total. The number of rotatable bonds is 2. The fourth-order valence-electron chi connectivity index (χ4n) is 2.53. The van der Waals surface area contributed by atoms with Gasteiger partial charge in [0.25, 0.3) is 0 Å². The van der Waals surface area contributed by atoms with Crippen molar-refractivity contribution in [3.05, 3.63) is 24.3 Å². The van der Waals surface area contributed by atoms with Gasteiger partial charge in [0.1, 0.15) is 0 Å².